The predicted octanol–water partition coefficient (Wildman–Crippen LogP) is 8.90. The Balaban J connectivity index is 1.51. The summed E-state index contributed by atoms with van der Waals surface area (Å²) in [7, 11) is 0. The summed E-state index contributed by atoms with van der Waals surface area (Å²) in [5.74, 6) is 0.978. The van der Waals surface area contributed by atoms with E-state index in [9.17, 15) is 0 Å². The van der Waals surface area contributed by atoms with Crippen molar-refractivity contribution in [3.8, 4) is 0 Å². The first kappa shape index (κ1) is 19.6. The summed E-state index contributed by atoms with van der Waals surface area (Å²) in [6.45, 7) is 0. The van der Waals surface area contributed by atoms with Crippen LogP contribution in [0.15, 0.2) is 133 Å². The highest BCUT2D eigenvalue weighted by atomic mass is 14.3. The van der Waals surface area contributed by atoms with Crippen molar-refractivity contribution in [1.82, 2.24) is 0 Å². The first-order valence-corrected chi connectivity index (χ1v) is 12.3. The van der Waals surface area contributed by atoms with Gasteiger partial charge in [0.25, 0.3) is 0 Å². The summed E-state index contributed by atoms with van der Waals surface area (Å²) < 4.78 is 0. The Hall–Kier alpha value is -3.90. The zero-order chi connectivity index (χ0) is 22.5. The van der Waals surface area contributed by atoms with E-state index in [1.165, 1.54) is 55.0 Å². The van der Waals surface area contributed by atoms with Crippen molar-refractivity contribution in [2.75, 3.05) is 0 Å². The molecule has 0 amide bonds. The fourth-order valence-corrected chi connectivity index (χ4v) is 6.05. The topological polar surface area (TPSA) is 0 Å². The van der Waals surface area contributed by atoms with Gasteiger partial charge in [-0.1, -0.05) is 121 Å². The highest BCUT2D eigenvalue weighted by Crippen LogP contribution is 2.45. The molecule has 0 aliphatic heterocycles. The van der Waals surface area contributed by atoms with Gasteiger partial charge in [-0.05, 0) is 67.8 Å². The lowest BCUT2D eigenvalue weighted by Crippen LogP contribution is -2.08. The van der Waals surface area contributed by atoms with Crippen molar-refractivity contribution in [1.29, 1.82) is 0 Å². The Morgan fingerprint density at radius 1 is 0.588 bits per heavy atom. The summed E-state index contributed by atoms with van der Waals surface area (Å²) in [6, 6.07) is 18.0. The van der Waals surface area contributed by atoms with Crippen LogP contribution in [0.2, 0.25) is 0 Å². The van der Waals surface area contributed by atoms with Crippen LogP contribution in [0.5, 0.6) is 0 Å². The second kappa shape index (κ2) is 7.85. The van der Waals surface area contributed by atoms with E-state index in [4.69, 9.17) is 0 Å². The van der Waals surface area contributed by atoms with Gasteiger partial charge in [-0.2, -0.15) is 0 Å². The second-order valence-electron chi connectivity index (χ2n) is 9.65. The molecule has 3 aromatic carbocycles. The highest BCUT2D eigenvalue weighted by molar-refractivity contribution is 6.17. The first-order valence-electron chi connectivity index (χ1n) is 12.3. The lowest BCUT2D eigenvalue weighted by atomic mass is 9.77. The summed E-state index contributed by atoms with van der Waals surface area (Å²) in [5, 5.41) is 5.38. The molecule has 0 saturated carbocycles. The fraction of sp³-hybridized carbons (Fsp3) is 0.118. The number of allylic oxidation sites excluding steroid dienone is 16. The molecule has 0 radical (unpaired) electrons. The van der Waals surface area contributed by atoms with Crippen LogP contribution < -0.4 is 0 Å². The molecule has 2 atom stereocenters. The lowest BCUT2D eigenvalue weighted by Gasteiger charge is -2.26. The third kappa shape index (κ3) is 3.06. The highest BCUT2D eigenvalue weighted by Gasteiger charge is 2.24. The number of fused-ring (bicyclic) bond motifs is 4. The average molecular weight is 435 g/mol. The number of hydrogen-bond donors (Lipinski definition) is 0. The molecule has 0 N–H and O–H groups in total. The average Bonchev–Trinajstić information content (AvgIpc) is 2.91. The molecular weight excluding hydrogens is 408 g/mol. The van der Waals surface area contributed by atoms with Gasteiger partial charge < -0.3 is 0 Å². The third-order valence-electron chi connectivity index (χ3n) is 7.70. The van der Waals surface area contributed by atoms with Crippen LogP contribution in [0.3, 0.4) is 0 Å². The quantitative estimate of drug-likeness (QED) is 0.353. The van der Waals surface area contributed by atoms with Gasteiger partial charge in [-0.3, -0.25) is 0 Å². The molecule has 0 fully saturated rings. The van der Waals surface area contributed by atoms with Crippen LogP contribution in [0, 0.1) is 11.8 Å². The van der Waals surface area contributed by atoms with Crippen LogP contribution in [-0.2, 0) is 0 Å². The molecule has 34 heavy (non-hydrogen) atoms. The maximum Gasteiger partial charge on any atom is 0.00617 e. The van der Waals surface area contributed by atoms with E-state index in [1.807, 2.05) is 0 Å². The van der Waals surface area contributed by atoms with Crippen LogP contribution >= 0.6 is 0 Å². The minimum Gasteiger partial charge on any atom is -0.0836 e. The number of hydrogen-bond acceptors (Lipinski definition) is 0. The van der Waals surface area contributed by atoms with Gasteiger partial charge in [-0.15, -0.1) is 0 Å². The Morgan fingerprint density at radius 2 is 1.32 bits per heavy atom. The second-order valence-corrected chi connectivity index (χ2v) is 9.65. The first-order chi connectivity index (χ1) is 16.9. The summed E-state index contributed by atoms with van der Waals surface area (Å²) in [5.41, 5.74) is 8.33. The maximum absolute atomic E-state index is 2.41. The molecule has 0 nitrogen and oxygen atoms in total. The monoisotopic (exact) mass is 434 g/mol. The van der Waals surface area contributed by atoms with Crippen molar-refractivity contribution >= 4 is 32.7 Å². The van der Waals surface area contributed by atoms with E-state index < -0.39 is 0 Å². The van der Waals surface area contributed by atoms with Gasteiger partial charge in [0.2, 0.25) is 0 Å². The lowest BCUT2D eigenvalue weighted by molar-refractivity contribution is 0.781. The molecule has 7 rings (SSSR count). The molecule has 3 aromatic rings. The van der Waals surface area contributed by atoms with Crippen molar-refractivity contribution in [2.45, 2.75) is 12.8 Å². The Kier molecular flexibility index (Phi) is 4.52. The van der Waals surface area contributed by atoms with E-state index in [2.05, 4.69) is 121 Å². The molecule has 4 aliphatic carbocycles. The fourth-order valence-electron chi connectivity index (χ4n) is 6.05. The SMILES string of the molecule is C1=CCC2C=CC(c3c4ccccc4c(C4=CC=C5C=CC=CC5C4)c4ccccc34)=CC2=C1. The summed E-state index contributed by atoms with van der Waals surface area (Å²) >= 11 is 0. The molecular formula is C34H26. The van der Waals surface area contributed by atoms with Gasteiger partial charge in [0.1, 0.15) is 0 Å². The predicted molar refractivity (Wildman–Crippen MR) is 146 cm³/mol. The van der Waals surface area contributed by atoms with Crippen molar-refractivity contribution in [3.63, 3.8) is 0 Å². The normalized spacial score (nSPS) is 22.7. The van der Waals surface area contributed by atoms with Gasteiger partial charge in [-0.25, -0.2) is 0 Å². The van der Waals surface area contributed by atoms with Crippen molar-refractivity contribution < 1.29 is 0 Å². The van der Waals surface area contributed by atoms with Gasteiger partial charge in [0.15, 0.2) is 0 Å². The van der Waals surface area contributed by atoms with Crippen molar-refractivity contribution in [3.05, 3.63) is 144 Å². The van der Waals surface area contributed by atoms with Crippen LogP contribution in [0.25, 0.3) is 32.7 Å². The minimum atomic E-state index is 0.467. The van der Waals surface area contributed by atoms with Crippen LogP contribution in [-0.4, -0.2) is 0 Å². The van der Waals surface area contributed by atoms with E-state index in [-0.39, 0.29) is 0 Å². The standard InChI is InChI=1S/C34H26/c1-3-11-25-21-27(19-17-23(25)9-1)33-29-13-5-7-15-31(29)34(32-16-8-6-14-30(32)33)28-20-18-24-10-2-4-12-26(24)22-28/h1-9,11-20,22,24-25H,10,21H2. The van der Waals surface area contributed by atoms with Crippen molar-refractivity contribution in [2.24, 2.45) is 11.8 Å². The smallest absolute Gasteiger partial charge is 0.00617 e. The van der Waals surface area contributed by atoms with Gasteiger partial charge >= 0.3 is 0 Å². The molecule has 2 unspecified atom stereocenters. The molecule has 0 saturated heterocycles. The van der Waals surface area contributed by atoms with Gasteiger partial charge in [0.05, 0.1) is 0 Å². The van der Waals surface area contributed by atoms with E-state index in [0.717, 1.165) is 12.8 Å². The molecule has 0 spiro atoms. The molecule has 4 aliphatic rings. The van der Waals surface area contributed by atoms with E-state index >= 15 is 0 Å². The molecule has 162 valence electrons. The van der Waals surface area contributed by atoms with Crippen LogP contribution in [0.1, 0.15) is 24.0 Å². The zero-order valence-corrected chi connectivity index (χ0v) is 19.1. The molecule has 0 bridgehead atoms. The molecule has 0 heterocycles. The Morgan fingerprint density at radius 3 is 2.09 bits per heavy atom. The zero-order valence-electron chi connectivity index (χ0n) is 19.1. The Labute approximate surface area is 201 Å². The molecule has 0 heteroatoms. The minimum absolute atomic E-state index is 0.467. The van der Waals surface area contributed by atoms with Gasteiger partial charge in [0, 0.05) is 11.8 Å². The van der Waals surface area contributed by atoms with E-state index in [0.29, 0.717) is 11.8 Å². The number of benzene rings is 3. The van der Waals surface area contributed by atoms with Crippen LogP contribution in [0.4, 0.5) is 0 Å². The summed E-state index contributed by atoms with van der Waals surface area (Å²) in [6.07, 6.45) is 29.6. The summed E-state index contributed by atoms with van der Waals surface area (Å²) in [4.78, 5) is 0. The Bertz CT molecular complexity index is 1530. The molecule has 0 aromatic heterocycles. The van der Waals surface area contributed by atoms with E-state index in [1.54, 1.807) is 0 Å². The largest absolute Gasteiger partial charge is 0.0836 e. The third-order valence-corrected chi connectivity index (χ3v) is 7.70. The number of rotatable bonds is 2. The maximum atomic E-state index is 2.41.